The third-order valence-corrected chi connectivity index (χ3v) is 5.10. The average Bonchev–Trinajstić information content (AvgIpc) is 2.84. The van der Waals surface area contributed by atoms with E-state index in [1.165, 1.54) is 0 Å². The van der Waals surface area contributed by atoms with Crippen LogP contribution >= 0.6 is 0 Å². The second kappa shape index (κ2) is 13.0. The molecule has 0 aliphatic rings. The lowest BCUT2D eigenvalue weighted by molar-refractivity contribution is -0.139. The van der Waals surface area contributed by atoms with Crippen molar-refractivity contribution in [2.24, 2.45) is 0 Å². The highest BCUT2D eigenvalue weighted by atomic mass is 16.4. The van der Waals surface area contributed by atoms with E-state index in [2.05, 4.69) is 25.9 Å². The van der Waals surface area contributed by atoms with E-state index in [1.807, 2.05) is 42.6 Å². The van der Waals surface area contributed by atoms with Crippen LogP contribution in [0.1, 0.15) is 39.9 Å². The van der Waals surface area contributed by atoms with Gasteiger partial charge < -0.3 is 21.1 Å². The predicted octanol–water partition coefficient (Wildman–Crippen LogP) is 2.52. The van der Waals surface area contributed by atoms with Gasteiger partial charge in [0, 0.05) is 50.0 Å². The Labute approximate surface area is 193 Å². The molecule has 1 atom stereocenters. The predicted molar refractivity (Wildman–Crippen MR) is 125 cm³/mol. The highest BCUT2D eigenvalue weighted by molar-refractivity contribution is 5.96. The molecule has 33 heavy (non-hydrogen) atoms. The molecule has 1 aromatic carbocycles. The fourth-order valence-corrected chi connectivity index (χ4v) is 3.29. The number of benzene rings is 1. The smallest absolute Gasteiger partial charge is 0.326 e. The molecule has 0 fully saturated rings. The number of aliphatic carboxylic acids is 1. The molecule has 4 N–H and O–H groups in total. The van der Waals surface area contributed by atoms with Crippen molar-refractivity contribution in [3.63, 3.8) is 0 Å². The van der Waals surface area contributed by atoms with Crippen molar-refractivity contribution < 1.29 is 14.7 Å². The quantitative estimate of drug-likeness (QED) is 0.298. The maximum Gasteiger partial charge on any atom is 0.326 e. The number of carboxylic acids is 1. The molecule has 0 bridgehead atoms. The van der Waals surface area contributed by atoms with Crippen molar-refractivity contribution in [1.82, 2.24) is 25.9 Å². The zero-order chi connectivity index (χ0) is 23.3. The standard InChI is InChI=1S/C25H29N5O3/c31-24(22-9-7-19(8-10-22)14-29-18-21-5-2-12-27-17-21)30-23(25(32)33)6-3-13-28-16-20-4-1-11-26-15-20/h1-2,4-5,7-12,15,17,23,28-29H,3,6,13-14,16,18H2,(H,30,31)(H,32,33)/t23-/m0/s1. The van der Waals surface area contributed by atoms with Gasteiger partial charge in [0.05, 0.1) is 0 Å². The summed E-state index contributed by atoms with van der Waals surface area (Å²) in [6.45, 7) is 2.67. The van der Waals surface area contributed by atoms with E-state index in [9.17, 15) is 14.7 Å². The van der Waals surface area contributed by atoms with E-state index in [4.69, 9.17) is 0 Å². The number of carbonyl (C=O) groups is 2. The SMILES string of the molecule is O=C(N[C@@H](CCCNCc1cccnc1)C(=O)O)c1ccc(CNCc2cccnc2)cc1. The van der Waals surface area contributed by atoms with Crippen molar-refractivity contribution in [3.05, 3.63) is 95.6 Å². The van der Waals surface area contributed by atoms with Crippen LogP contribution in [0.2, 0.25) is 0 Å². The number of pyridine rings is 2. The lowest BCUT2D eigenvalue weighted by atomic mass is 10.1. The van der Waals surface area contributed by atoms with E-state index >= 15 is 0 Å². The van der Waals surface area contributed by atoms with Crippen LogP contribution in [0, 0.1) is 0 Å². The second-order valence-corrected chi connectivity index (χ2v) is 7.71. The van der Waals surface area contributed by atoms with Crippen LogP contribution in [0.5, 0.6) is 0 Å². The summed E-state index contributed by atoms with van der Waals surface area (Å²) in [7, 11) is 0. The lowest BCUT2D eigenvalue weighted by Gasteiger charge is -2.15. The van der Waals surface area contributed by atoms with E-state index in [-0.39, 0.29) is 5.91 Å². The normalized spacial score (nSPS) is 11.6. The zero-order valence-electron chi connectivity index (χ0n) is 18.4. The molecule has 3 aromatic rings. The Kier molecular flexibility index (Phi) is 9.50. The summed E-state index contributed by atoms with van der Waals surface area (Å²) in [5.74, 6) is -1.42. The first-order valence-electron chi connectivity index (χ1n) is 10.9. The minimum Gasteiger partial charge on any atom is -0.480 e. The second-order valence-electron chi connectivity index (χ2n) is 7.71. The van der Waals surface area contributed by atoms with Crippen LogP contribution in [0.15, 0.2) is 73.3 Å². The molecule has 0 spiro atoms. The van der Waals surface area contributed by atoms with Gasteiger partial charge in [0.25, 0.3) is 5.91 Å². The topological polar surface area (TPSA) is 116 Å². The first-order valence-corrected chi connectivity index (χ1v) is 10.9. The molecule has 0 aliphatic carbocycles. The highest BCUT2D eigenvalue weighted by Gasteiger charge is 2.20. The van der Waals surface area contributed by atoms with E-state index in [1.54, 1.807) is 30.7 Å². The summed E-state index contributed by atoms with van der Waals surface area (Å²) < 4.78 is 0. The van der Waals surface area contributed by atoms with E-state index in [0.29, 0.717) is 44.6 Å². The molecule has 0 saturated heterocycles. The largest absolute Gasteiger partial charge is 0.480 e. The summed E-state index contributed by atoms with van der Waals surface area (Å²) >= 11 is 0. The summed E-state index contributed by atoms with van der Waals surface area (Å²) in [4.78, 5) is 32.3. The number of carboxylic acid groups (broad SMARTS) is 1. The van der Waals surface area contributed by atoms with Crippen LogP contribution in [0.3, 0.4) is 0 Å². The fraction of sp³-hybridized carbons (Fsp3) is 0.280. The third-order valence-electron chi connectivity index (χ3n) is 5.10. The molecule has 172 valence electrons. The van der Waals surface area contributed by atoms with E-state index in [0.717, 1.165) is 16.7 Å². The van der Waals surface area contributed by atoms with Crippen LogP contribution in [0.25, 0.3) is 0 Å². The van der Waals surface area contributed by atoms with Gasteiger partial charge in [0.2, 0.25) is 0 Å². The van der Waals surface area contributed by atoms with Gasteiger partial charge in [-0.25, -0.2) is 4.79 Å². The molecular weight excluding hydrogens is 418 g/mol. The number of amides is 1. The van der Waals surface area contributed by atoms with Crippen molar-refractivity contribution >= 4 is 11.9 Å². The Bertz CT molecular complexity index is 998. The van der Waals surface area contributed by atoms with Gasteiger partial charge in [0.1, 0.15) is 6.04 Å². The van der Waals surface area contributed by atoms with Gasteiger partial charge in [-0.2, -0.15) is 0 Å². The Balaban J connectivity index is 1.40. The maximum atomic E-state index is 12.5. The molecule has 0 saturated carbocycles. The van der Waals surface area contributed by atoms with Crippen LogP contribution in [0.4, 0.5) is 0 Å². The average molecular weight is 448 g/mol. The first-order chi connectivity index (χ1) is 16.1. The maximum absolute atomic E-state index is 12.5. The molecule has 0 aliphatic heterocycles. The summed E-state index contributed by atoms with van der Waals surface area (Å²) in [6, 6.07) is 14.0. The van der Waals surface area contributed by atoms with Gasteiger partial charge in [0.15, 0.2) is 0 Å². The van der Waals surface area contributed by atoms with Gasteiger partial charge in [-0.15, -0.1) is 0 Å². The summed E-state index contributed by atoms with van der Waals surface area (Å²) in [5.41, 5.74) is 3.63. The van der Waals surface area contributed by atoms with Crippen molar-refractivity contribution in [3.8, 4) is 0 Å². The molecule has 2 heterocycles. The molecule has 8 nitrogen and oxygen atoms in total. The van der Waals surface area contributed by atoms with Crippen LogP contribution in [-0.2, 0) is 24.4 Å². The monoisotopic (exact) mass is 447 g/mol. The Hall–Kier alpha value is -3.62. The highest BCUT2D eigenvalue weighted by Crippen LogP contribution is 2.07. The molecule has 2 aromatic heterocycles. The summed E-state index contributed by atoms with van der Waals surface area (Å²) in [5, 5.41) is 18.7. The van der Waals surface area contributed by atoms with Crippen LogP contribution < -0.4 is 16.0 Å². The number of aromatic nitrogens is 2. The number of hydrogen-bond acceptors (Lipinski definition) is 6. The Morgan fingerprint density at radius 1 is 0.818 bits per heavy atom. The minimum absolute atomic E-state index is 0.345. The molecule has 3 rings (SSSR count). The molecule has 0 unspecified atom stereocenters. The third kappa shape index (κ3) is 8.44. The van der Waals surface area contributed by atoms with Crippen molar-refractivity contribution in [2.45, 2.75) is 38.5 Å². The van der Waals surface area contributed by atoms with Gasteiger partial charge in [-0.05, 0) is 60.3 Å². The first kappa shape index (κ1) is 24.0. The number of rotatable bonds is 13. The Morgan fingerprint density at radius 2 is 1.42 bits per heavy atom. The van der Waals surface area contributed by atoms with E-state index < -0.39 is 12.0 Å². The number of carbonyl (C=O) groups excluding carboxylic acids is 1. The lowest BCUT2D eigenvalue weighted by Crippen LogP contribution is -2.41. The zero-order valence-corrected chi connectivity index (χ0v) is 18.4. The molecule has 8 heteroatoms. The number of nitrogens with zero attached hydrogens (tertiary/aromatic N) is 2. The molecular formula is C25H29N5O3. The number of hydrogen-bond donors (Lipinski definition) is 4. The summed E-state index contributed by atoms with van der Waals surface area (Å²) in [6.07, 6.45) is 8.03. The fourth-order valence-electron chi connectivity index (χ4n) is 3.29. The van der Waals surface area contributed by atoms with Gasteiger partial charge in [-0.3, -0.25) is 14.8 Å². The molecule has 0 radical (unpaired) electrons. The van der Waals surface area contributed by atoms with Gasteiger partial charge >= 0.3 is 5.97 Å². The van der Waals surface area contributed by atoms with Crippen molar-refractivity contribution in [2.75, 3.05) is 6.54 Å². The van der Waals surface area contributed by atoms with Crippen molar-refractivity contribution in [1.29, 1.82) is 0 Å². The van der Waals surface area contributed by atoms with Crippen LogP contribution in [-0.4, -0.2) is 39.5 Å². The Morgan fingerprint density at radius 3 is 2.00 bits per heavy atom. The molecule has 1 amide bonds. The number of nitrogens with one attached hydrogen (secondary N) is 3. The van der Waals surface area contributed by atoms with Gasteiger partial charge in [-0.1, -0.05) is 24.3 Å². The minimum atomic E-state index is -1.04.